The maximum Gasteiger partial charge on any atom is 0.490 e. The van der Waals surface area contributed by atoms with Crippen LogP contribution in [0.5, 0.6) is 11.5 Å². The number of benzene rings is 2. The van der Waals surface area contributed by atoms with Crippen molar-refractivity contribution in [1.29, 1.82) is 0 Å². The van der Waals surface area contributed by atoms with Crippen molar-refractivity contribution >= 4 is 5.97 Å². The smallest absolute Gasteiger partial charge is 0.490 e. The topological polar surface area (TPSA) is 73.2 Å². The van der Waals surface area contributed by atoms with Crippen molar-refractivity contribution in [3.8, 4) is 11.5 Å². The molecule has 2 aliphatic heterocycles. The first-order valence-electron chi connectivity index (χ1n) is 14.0. The Morgan fingerprint density at radius 1 is 0.949 bits per heavy atom. The molecule has 214 valence electrons. The van der Waals surface area contributed by atoms with Crippen LogP contribution in [0.3, 0.4) is 0 Å². The summed E-state index contributed by atoms with van der Waals surface area (Å²) in [5, 5.41) is 17.1. The van der Waals surface area contributed by atoms with Gasteiger partial charge in [0, 0.05) is 25.2 Å². The van der Waals surface area contributed by atoms with Gasteiger partial charge >= 0.3 is 12.1 Å². The lowest BCUT2D eigenvalue weighted by Gasteiger charge is -2.41. The van der Waals surface area contributed by atoms with Gasteiger partial charge in [0.25, 0.3) is 0 Å². The molecule has 0 aromatic heterocycles. The van der Waals surface area contributed by atoms with Crippen LogP contribution in [0.1, 0.15) is 67.7 Å². The van der Waals surface area contributed by atoms with E-state index in [2.05, 4.69) is 40.1 Å². The number of aromatic hydroxyl groups is 1. The van der Waals surface area contributed by atoms with Gasteiger partial charge in [-0.15, -0.1) is 0 Å². The molecule has 0 radical (unpaired) electrons. The van der Waals surface area contributed by atoms with Crippen molar-refractivity contribution in [1.82, 2.24) is 9.80 Å². The highest BCUT2D eigenvalue weighted by atomic mass is 19.4. The summed E-state index contributed by atoms with van der Waals surface area (Å²) in [6.45, 7) is 5.35. The number of carbonyl (C=O) groups is 1. The lowest BCUT2D eigenvalue weighted by atomic mass is 9.87. The number of likely N-dealkylation sites (tertiary alicyclic amines) is 1. The summed E-state index contributed by atoms with van der Waals surface area (Å²) in [7, 11) is 0. The second-order valence-corrected chi connectivity index (χ2v) is 10.7. The SMILES string of the molecule is O=C(O)C(F)(F)F.Oc1ccc2c(c1)CCN(C1CCCC1)C2Cc1ccc(OCCN2CCCCC2)cc1. The third-order valence-corrected chi connectivity index (χ3v) is 8.04. The molecule has 2 fully saturated rings. The molecule has 2 aromatic carbocycles. The zero-order valence-corrected chi connectivity index (χ0v) is 22.3. The van der Waals surface area contributed by atoms with E-state index in [1.54, 1.807) is 0 Å². The monoisotopic (exact) mass is 548 g/mol. The van der Waals surface area contributed by atoms with Gasteiger partial charge in [0.1, 0.15) is 18.1 Å². The predicted octanol–water partition coefficient (Wildman–Crippen LogP) is 5.97. The number of halogens is 3. The van der Waals surface area contributed by atoms with Gasteiger partial charge in [-0.3, -0.25) is 9.80 Å². The fraction of sp³-hybridized carbons (Fsp3) is 0.567. The van der Waals surface area contributed by atoms with Crippen LogP contribution in [-0.4, -0.2) is 71.0 Å². The van der Waals surface area contributed by atoms with Gasteiger partial charge in [-0.1, -0.05) is 37.5 Å². The molecular weight excluding hydrogens is 509 g/mol. The van der Waals surface area contributed by atoms with Crippen molar-refractivity contribution in [2.75, 3.05) is 32.8 Å². The highest BCUT2D eigenvalue weighted by molar-refractivity contribution is 5.73. The summed E-state index contributed by atoms with van der Waals surface area (Å²) < 4.78 is 37.8. The largest absolute Gasteiger partial charge is 0.508 e. The van der Waals surface area contributed by atoms with Crippen LogP contribution in [0.15, 0.2) is 42.5 Å². The van der Waals surface area contributed by atoms with Gasteiger partial charge in [0.15, 0.2) is 0 Å². The van der Waals surface area contributed by atoms with Crippen LogP contribution in [-0.2, 0) is 17.6 Å². The molecule has 5 rings (SSSR count). The standard InChI is InChI=1S/C28H38N2O2.C2HF3O2/c31-25-10-13-27-23(21-25)14-17-30(24-6-2-3-7-24)28(27)20-22-8-11-26(12-9-22)32-19-18-29-15-4-1-5-16-29;3-2(4,5)1(6)7/h8-13,21,24,28,31H,1-7,14-20H2;(H,6,7). The zero-order valence-electron chi connectivity index (χ0n) is 22.3. The van der Waals surface area contributed by atoms with E-state index in [4.69, 9.17) is 14.6 Å². The van der Waals surface area contributed by atoms with Gasteiger partial charge in [-0.25, -0.2) is 4.79 Å². The van der Waals surface area contributed by atoms with E-state index in [-0.39, 0.29) is 0 Å². The summed E-state index contributed by atoms with van der Waals surface area (Å²) in [6, 6.07) is 15.9. The highest BCUT2D eigenvalue weighted by Gasteiger charge is 2.38. The number of fused-ring (bicyclic) bond motifs is 1. The van der Waals surface area contributed by atoms with E-state index in [0.717, 1.165) is 38.3 Å². The Bertz CT molecular complexity index is 1060. The number of alkyl halides is 3. The van der Waals surface area contributed by atoms with Crippen LogP contribution in [0, 0.1) is 0 Å². The fourth-order valence-electron chi connectivity index (χ4n) is 6.04. The maximum absolute atomic E-state index is 10.6. The molecule has 0 bridgehead atoms. The number of carboxylic acids is 1. The van der Waals surface area contributed by atoms with Crippen LogP contribution in [0.4, 0.5) is 13.2 Å². The van der Waals surface area contributed by atoms with Crippen molar-refractivity contribution in [3.63, 3.8) is 0 Å². The van der Waals surface area contributed by atoms with Crippen molar-refractivity contribution in [2.45, 2.75) is 76.0 Å². The first-order valence-corrected chi connectivity index (χ1v) is 14.0. The number of ether oxygens (including phenoxy) is 1. The van der Waals surface area contributed by atoms with E-state index in [9.17, 15) is 18.3 Å². The molecule has 3 aliphatic rings. The number of hydrogen-bond donors (Lipinski definition) is 2. The third kappa shape index (κ3) is 8.35. The molecule has 2 aromatic rings. The Hall–Kier alpha value is -2.78. The van der Waals surface area contributed by atoms with Crippen molar-refractivity contribution in [2.24, 2.45) is 0 Å². The van der Waals surface area contributed by atoms with E-state index in [1.807, 2.05) is 12.1 Å². The van der Waals surface area contributed by atoms with E-state index >= 15 is 0 Å². The lowest BCUT2D eigenvalue weighted by Crippen LogP contribution is -2.42. The summed E-state index contributed by atoms with van der Waals surface area (Å²) in [6.07, 6.45) is 6.39. The van der Waals surface area contributed by atoms with Gasteiger partial charge in [-0.2, -0.15) is 13.2 Å². The number of nitrogens with zero attached hydrogens (tertiary/aromatic N) is 2. The third-order valence-electron chi connectivity index (χ3n) is 8.04. The Balaban J connectivity index is 0.000000448. The Labute approximate surface area is 228 Å². The first-order chi connectivity index (χ1) is 18.7. The Kier molecular flexibility index (Phi) is 10.1. The number of phenols is 1. The molecule has 1 saturated heterocycles. The summed E-state index contributed by atoms with van der Waals surface area (Å²) in [5.74, 6) is -1.39. The summed E-state index contributed by atoms with van der Waals surface area (Å²) in [5.41, 5.74) is 4.09. The molecular formula is C30H39F3N2O4. The summed E-state index contributed by atoms with van der Waals surface area (Å²) in [4.78, 5) is 14.2. The molecule has 1 aliphatic carbocycles. The van der Waals surface area contributed by atoms with E-state index < -0.39 is 12.1 Å². The van der Waals surface area contributed by atoms with Crippen molar-refractivity contribution < 1.29 is 32.9 Å². The van der Waals surface area contributed by atoms with Gasteiger partial charge in [-0.05, 0) is 92.6 Å². The molecule has 0 amide bonds. The molecule has 0 spiro atoms. The number of phenolic OH excluding ortho intramolecular Hbond substituents is 1. The first kappa shape index (κ1) is 29.2. The fourth-order valence-corrected chi connectivity index (χ4v) is 6.04. The van der Waals surface area contributed by atoms with Crippen LogP contribution < -0.4 is 4.74 Å². The van der Waals surface area contributed by atoms with E-state index in [0.29, 0.717) is 17.8 Å². The zero-order chi connectivity index (χ0) is 27.8. The average Bonchev–Trinajstić information content (AvgIpc) is 3.45. The number of carboxylic acid groups (broad SMARTS) is 1. The second kappa shape index (κ2) is 13.5. The average molecular weight is 549 g/mol. The quantitative estimate of drug-likeness (QED) is 0.444. The number of piperidine rings is 1. The molecule has 2 N–H and O–H groups in total. The number of aliphatic carboxylic acids is 1. The maximum atomic E-state index is 10.6. The highest BCUT2D eigenvalue weighted by Crippen LogP contribution is 2.39. The van der Waals surface area contributed by atoms with E-state index in [1.165, 1.54) is 74.7 Å². The molecule has 1 saturated carbocycles. The minimum atomic E-state index is -5.08. The second-order valence-electron chi connectivity index (χ2n) is 10.7. The van der Waals surface area contributed by atoms with Gasteiger partial charge in [0.05, 0.1) is 0 Å². The number of rotatable bonds is 7. The number of hydrogen-bond acceptors (Lipinski definition) is 5. The Morgan fingerprint density at radius 3 is 2.26 bits per heavy atom. The molecule has 2 heterocycles. The van der Waals surface area contributed by atoms with Gasteiger partial charge in [0.2, 0.25) is 0 Å². The molecule has 9 heteroatoms. The molecule has 39 heavy (non-hydrogen) atoms. The van der Waals surface area contributed by atoms with Crippen LogP contribution in [0.25, 0.3) is 0 Å². The van der Waals surface area contributed by atoms with Gasteiger partial charge < -0.3 is 14.9 Å². The molecule has 6 nitrogen and oxygen atoms in total. The van der Waals surface area contributed by atoms with Crippen molar-refractivity contribution in [3.05, 3.63) is 59.2 Å². The van der Waals surface area contributed by atoms with Crippen LogP contribution in [0.2, 0.25) is 0 Å². The van der Waals surface area contributed by atoms with Crippen LogP contribution >= 0.6 is 0 Å². The normalized spacial score (nSPS) is 20.6. The molecule has 1 atom stereocenters. The molecule has 1 unspecified atom stereocenters. The minimum absolute atomic E-state index is 0.392. The minimum Gasteiger partial charge on any atom is -0.508 e. The lowest BCUT2D eigenvalue weighted by molar-refractivity contribution is -0.192. The summed E-state index contributed by atoms with van der Waals surface area (Å²) >= 11 is 0. The predicted molar refractivity (Wildman–Crippen MR) is 143 cm³/mol. The Morgan fingerprint density at radius 2 is 1.62 bits per heavy atom.